The van der Waals surface area contributed by atoms with Crippen molar-refractivity contribution in [3.8, 4) is 0 Å². The Morgan fingerprint density at radius 3 is 2.59 bits per heavy atom. The lowest BCUT2D eigenvalue weighted by Crippen LogP contribution is -2.48. The van der Waals surface area contributed by atoms with E-state index in [9.17, 15) is 8.42 Å². The molecule has 2 rings (SSSR count). The minimum absolute atomic E-state index is 0.158. The first kappa shape index (κ1) is 13.3. The van der Waals surface area contributed by atoms with Crippen LogP contribution in [0.2, 0.25) is 0 Å². The molecule has 2 aliphatic rings. The Kier molecular flexibility index (Phi) is 3.80. The van der Waals surface area contributed by atoms with Crippen molar-refractivity contribution in [1.82, 2.24) is 9.62 Å². The maximum Gasteiger partial charge on any atom is 0.216 e. The molecular weight excluding hydrogens is 236 g/mol. The molecule has 2 aliphatic heterocycles. The van der Waals surface area contributed by atoms with E-state index in [0.29, 0.717) is 6.54 Å². The quantitative estimate of drug-likeness (QED) is 0.833. The van der Waals surface area contributed by atoms with Crippen LogP contribution in [0.1, 0.15) is 46.0 Å². The van der Waals surface area contributed by atoms with Crippen molar-refractivity contribution < 1.29 is 8.42 Å². The Morgan fingerprint density at radius 2 is 2.06 bits per heavy atom. The van der Waals surface area contributed by atoms with Crippen LogP contribution in [0.15, 0.2) is 0 Å². The third-order valence-corrected chi connectivity index (χ3v) is 6.16. The van der Waals surface area contributed by atoms with E-state index in [1.807, 2.05) is 13.8 Å². The predicted molar refractivity (Wildman–Crippen MR) is 69.4 cm³/mol. The third kappa shape index (κ3) is 3.01. The van der Waals surface area contributed by atoms with Gasteiger partial charge in [-0.15, -0.1) is 0 Å². The van der Waals surface area contributed by atoms with Gasteiger partial charge in [0, 0.05) is 18.1 Å². The van der Waals surface area contributed by atoms with Gasteiger partial charge < -0.3 is 5.32 Å². The second-order valence-electron chi connectivity index (χ2n) is 5.91. The molecule has 1 unspecified atom stereocenters. The molecule has 0 saturated carbocycles. The second kappa shape index (κ2) is 4.86. The molecule has 0 bridgehead atoms. The van der Waals surface area contributed by atoms with E-state index in [1.54, 1.807) is 4.31 Å². The van der Waals surface area contributed by atoms with Gasteiger partial charge in [0.25, 0.3) is 0 Å². The summed E-state index contributed by atoms with van der Waals surface area (Å²) in [6.07, 6.45) is 5.28. The van der Waals surface area contributed by atoms with E-state index in [0.717, 1.165) is 32.2 Å². The number of hydrogen-bond acceptors (Lipinski definition) is 3. The number of nitrogens with one attached hydrogen (secondary N) is 1. The van der Waals surface area contributed by atoms with Gasteiger partial charge in [-0.2, -0.15) is 4.31 Å². The van der Waals surface area contributed by atoms with Gasteiger partial charge in [-0.25, -0.2) is 8.42 Å². The van der Waals surface area contributed by atoms with Crippen molar-refractivity contribution in [2.24, 2.45) is 0 Å². The van der Waals surface area contributed by atoms with Gasteiger partial charge in [-0.1, -0.05) is 6.42 Å². The fourth-order valence-electron chi connectivity index (χ4n) is 3.01. The molecule has 1 N–H and O–H groups in total. The van der Waals surface area contributed by atoms with E-state index in [4.69, 9.17) is 0 Å². The van der Waals surface area contributed by atoms with Gasteiger partial charge in [-0.05, 0) is 46.1 Å². The van der Waals surface area contributed by atoms with Gasteiger partial charge in [0.1, 0.15) is 0 Å². The second-order valence-corrected chi connectivity index (χ2v) is 7.85. The molecule has 2 saturated heterocycles. The van der Waals surface area contributed by atoms with Crippen molar-refractivity contribution in [2.75, 3.05) is 18.8 Å². The van der Waals surface area contributed by atoms with Crippen LogP contribution >= 0.6 is 0 Å². The highest BCUT2D eigenvalue weighted by atomic mass is 32.2. The largest absolute Gasteiger partial charge is 0.313 e. The Hall–Kier alpha value is -0.130. The maximum absolute atomic E-state index is 12.4. The van der Waals surface area contributed by atoms with Crippen molar-refractivity contribution in [3.63, 3.8) is 0 Å². The fourth-order valence-corrected chi connectivity index (χ4v) is 5.23. The van der Waals surface area contributed by atoms with Gasteiger partial charge in [-0.3, -0.25) is 0 Å². The lowest BCUT2D eigenvalue weighted by molar-refractivity contribution is 0.288. The number of rotatable bonds is 3. The van der Waals surface area contributed by atoms with E-state index < -0.39 is 10.0 Å². The molecule has 0 radical (unpaired) electrons. The van der Waals surface area contributed by atoms with Crippen molar-refractivity contribution >= 4 is 10.0 Å². The Bertz CT molecular complexity index is 359. The fraction of sp³-hybridized carbons (Fsp3) is 1.00. The molecule has 2 fully saturated rings. The van der Waals surface area contributed by atoms with E-state index >= 15 is 0 Å². The SMILES string of the molecule is CC1(C)CCCN1S(=O)(=O)CC1CCCCN1. The summed E-state index contributed by atoms with van der Waals surface area (Å²) < 4.78 is 26.5. The monoisotopic (exact) mass is 260 g/mol. The number of hydrogen-bond donors (Lipinski definition) is 1. The van der Waals surface area contributed by atoms with Crippen molar-refractivity contribution in [2.45, 2.75) is 57.5 Å². The standard InChI is InChI=1S/C12H24N2O2S/c1-12(2)7-5-9-14(12)17(15,16)10-11-6-3-4-8-13-11/h11,13H,3-10H2,1-2H3. The smallest absolute Gasteiger partial charge is 0.216 e. The van der Waals surface area contributed by atoms with Crippen LogP contribution in [-0.2, 0) is 10.0 Å². The highest BCUT2D eigenvalue weighted by molar-refractivity contribution is 7.89. The summed E-state index contributed by atoms with van der Waals surface area (Å²) in [4.78, 5) is 0. The molecule has 17 heavy (non-hydrogen) atoms. The Balaban J connectivity index is 2.03. The summed E-state index contributed by atoms with van der Waals surface area (Å²) in [5.41, 5.74) is -0.187. The average Bonchev–Trinajstić information content (AvgIpc) is 2.59. The summed E-state index contributed by atoms with van der Waals surface area (Å²) in [7, 11) is -3.10. The molecule has 0 aromatic carbocycles. The normalized spacial score (nSPS) is 30.6. The van der Waals surface area contributed by atoms with Gasteiger partial charge in [0.15, 0.2) is 0 Å². The Labute approximate surface area is 105 Å². The molecule has 0 amide bonds. The van der Waals surface area contributed by atoms with Crippen LogP contribution < -0.4 is 5.32 Å². The van der Waals surface area contributed by atoms with Crippen LogP contribution in [0.5, 0.6) is 0 Å². The molecule has 5 heteroatoms. The highest BCUT2D eigenvalue weighted by Crippen LogP contribution is 2.31. The predicted octanol–water partition coefficient (Wildman–Crippen LogP) is 1.33. The molecule has 2 heterocycles. The first-order chi connectivity index (χ1) is 7.92. The van der Waals surface area contributed by atoms with Crippen LogP contribution in [0.25, 0.3) is 0 Å². The van der Waals surface area contributed by atoms with Gasteiger partial charge in [0.05, 0.1) is 5.75 Å². The molecular formula is C12H24N2O2S. The lowest BCUT2D eigenvalue weighted by atomic mass is 10.0. The zero-order valence-electron chi connectivity index (χ0n) is 10.9. The van der Waals surface area contributed by atoms with E-state index in [1.165, 1.54) is 6.42 Å². The van der Waals surface area contributed by atoms with Gasteiger partial charge in [0.2, 0.25) is 10.0 Å². The van der Waals surface area contributed by atoms with Crippen LogP contribution in [0.4, 0.5) is 0 Å². The minimum atomic E-state index is -3.10. The highest BCUT2D eigenvalue weighted by Gasteiger charge is 2.40. The molecule has 4 nitrogen and oxygen atoms in total. The zero-order chi connectivity index (χ0) is 12.5. The van der Waals surface area contributed by atoms with Crippen LogP contribution in [0, 0.1) is 0 Å². The van der Waals surface area contributed by atoms with E-state index in [-0.39, 0.29) is 17.3 Å². The van der Waals surface area contributed by atoms with Crippen LogP contribution in [0.3, 0.4) is 0 Å². The molecule has 0 aliphatic carbocycles. The summed E-state index contributed by atoms with van der Waals surface area (Å²) in [5, 5.41) is 3.32. The number of sulfonamides is 1. The number of piperidine rings is 1. The molecule has 1 atom stereocenters. The third-order valence-electron chi connectivity index (χ3n) is 3.98. The summed E-state index contributed by atoms with van der Waals surface area (Å²) >= 11 is 0. The first-order valence-corrected chi connectivity index (χ1v) is 8.27. The maximum atomic E-state index is 12.4. The molecule has 0 aromatic heterocycles. The summed E-state index contributed by atoms with van der Waals surface area (Å²) in [6, 6.07) is 0.158. The topological polar surface area (TPSA) is 49.4 Å². The number of nitrogens with zero attached hydrogens (tertiary/aromatic N) is 1. The zero-order valence-corrected chi connectivity index (χ0v) is 11.7. The summed E-state index contributed by atoms with van der Waals surface area (Å²) in [5.74, 6) is 0.274. The van der Waals surface area contributed by atoms with Crippen LogP contribution in [-0.4, -0.2) is 43.1 Å². The Morgan fingerprint density at radius 1 is 1.29 bits per heavy atom. The molecule has 0 aromatic rings. The lowest BCUT2D eigenvalue weighted by Gasteiger charge is -2.33. The average molecular weight is 260 g/mol. The van der Waals surface area contributed by atoms with Crippen molar-refractivity contribution in [1.29, 1.82) is 0 Å². The first-order valence-electron chi connectivity index (χ1n) is 6.66. The molecule has 100 valence electrons. The summed E-state index contributed by atoms with van der Waals surface area (Å²) in [6.45, 7) is 5.73. The minimum Gasteiger partial charge on any atom is -0.313 e. The van der Waals surface area contributed by atoms with Crippen molar-refractivity contribution in [3.05, 3.63) is 0 Å². The van der Waals surface area contributed by atoms with Gasteiger partial charge >= 0.3 is 0 Å². The van der Waals surface area contributed by atoms with E-state index in [2.05, 4.69) is 5.32 Å². The molecule has 0 spiro atoms.